The number of aromatic nitrogens is 2. The minimum absolute atomic E-state index is 0.319. The number of nitrogens with zero attached hydrogens (tertiary/aromatic N) is 3. The maximum Gasteiger partial charge on any atom is 0.323 e. The Morgan fingerprint density at radius 1 is 0.615 bits per heavy atom. The topological polar surface area (TPSA) is 122 Å². The summed E-state index contributed by atoms with van der Waals surface area (Å²) in [6.07, 6.45) is 1.44. The molecule has 0 saturated carbocycles. The van der Waals surface area contributed by atoms with Crippen molar-refractivity contribution >= 4 is 101 Å². The number of nitrogens with one attached hydrogen (secondary N) is 2. The molecule has 0 atom stereocenters. The van der Waals surface area contributed by atoms with E-state index < -0.39 is 0 Å². The molecular weight excluding hydrogens is 732 g/mol. The molecule has 0 aliphatic rings. The first kappa shape index (κ1) is 35.9. The molecule has 8 aromatic rings. The number of carbonyl (C=O) groups excluding carboxylic acids is 2. The summed E-state index contributed by atoms with van der Waals surface area (Å²) in [5.74, 6) is 0. The number of hydrogen-bond donors (Lipinski definition) is 3. The smallest absolute Gasteiger partial charge is 0.323 e. The van der Waals surface area contributed by atoms with Crippen molar-refractivity contribution in [1.29, 1.82) is 0 Å². The molecule has 256 valence electrons. The van der Waals surface area contributed by atoms with Crippen LogP contribution in [-0.2, 0) is 4.79 Å². The number of isocyanates is 1. The molecule has 0 aliphatic carbocycles. The molecule has 4 N–H and O–H groups in total. The van der Waals surface area contributed by atoms with E-state index >= 15 is 0 Å². The van der Waals surface area contributed by atoms with Gasteiger partial charge in [-0.05, 0) is 97.1 Å². The lowest BCUT2D eigenvalue weighted by Crippen LogP contribution is -2.19. The average molecular weight is 760 g/mol. The van der Waals surface area contributed by atoms with Crippen LogP contribution >= 0.6 is 45.9 Å². The molecule has 52 heavy (non-hydrogen) atoms. The van der Waals surface area contributed by atoms with E-state index in [4.69, 9.17) is 28.9 Å². The highest BCUT2D eigenvalue weighted by Crippen LogP contribution is 2.35. The predicted octanol–water partition coefficient (Wildman–Crippen LogP) is 12.1. The van der Waals surface area contributed by atoms with Crippen molar-refractivity contribution in [2.75, 3.05) is 16.4 Å². The van der Waals surface area contributed by atoms with Gasteiger partial charge in [-0.25, -0.2) is 19.6 Å². The van der Waals surface area contributed by atoms with Crippen molar-refractivity contribution < 1.29 is 9.59 Å². The summed E-state index contributed by atoms with van der Waals surface area (Å²) in [7, 11) is 0. The van der Waals surface area contributed by atoms with Crippen molar-refractivity contribution in [3.05, 3.63) is 156 Å². The standard InChI is InChI=1S/C20H14ClN3OS.C13H10N2S.C7H4ClNO/c21-13-9-11-14(12-10-13)22-20(25)24-16-6-2-1-5-15(16)19-23-17-7-3-4-8-18(17)26-19;14-10-6-2-1-5-9(10)13-15-11-7-3-4-8-12(11)16-13;8-6-1-3-7(4-2-6)9-5-10/h1-12H,(H2,22,24,25);1-8H,14H2;1-4H. The molecule has 0 radical (unpaired) electrons. The van der Waals surface area contributed by atoms with Gasteiger partial charge in [0.25, 0.3) is 0 Å². The largest absolute Gasteiger partial charge is 0.398 e. The Morgan fingerprint density at radius 2 is 1.12 bits per heavy atom. The zero-order valence-corrected chi connectivity index (χ0v) is 30.3. The van der Waals surface area contributed by atoms with Gasteiger partial charge in [-0.1, -0.05) is 71.7 Å². The number of urea groups is 1. The van der Waals surface area contributed by atoms with E-state index in [0.717, 1.165) is 42.6 Å². The number of para-hydroxylation sites is 4. The summed E-state index contributed by atoms with van der Waals surface area (Å²) in [4.78, 5) is 34.7. The van der Waals surface area contributed by atoms with Gasteiger partial charge in [0.2, 0.25) is 6.08 Å². The van der Waals surface area contributed by atoms with Crippen molar-refractivity contribution in [1.82, 2.24) is 9.97 Å². The van der Waals surface area contributed by atoms with E-state index in [1.807, 2.05) is 91.0 Å². The highest BCUT2D eigenvalue weighted by molar-refractivity contribution is 7.22. The third-order valence-electron chi connectivity index (χ3n) is 7.29. The van der Waals surface area contributed by atoms with Crippen molar-refractivity contribution in [3.8, 4) is 21.1 Å². The number of anilines is 3. The fourth-order valence-electron chi connectivity index (χ4n) is 4.83. The Bertz CT molecular complexity index is 2430. The van der Waals surface area contributed by atoms with Crippen LogP contribution in [0.4, 0.5) is 27.5 Å². The summed E-state index contributed by atoms with van der Waals surface area (Å²) >= 11 is 14.7. The summed E-state index contributed by atoms with van der Waals surface area (Å²) in [5, 5.41) is 8.80. The SMILES string of the molecule is Nc1ccccc1-c1nc2ccccc2s1.O=C(Nc1ccc(Cl)cc1)Nc1ccccc1-c1nc2ccccc2s1.O=C=Nc1ccc(Cl)cc1. The second kappa shape index (κ2) is 17.4. The van der Waals surface area contributed by atoms with Crippen LogP contribution in [0.25, 0.3) is 41.6 Å². The van der Waals surface area contributed by atoms with Crippen LogP contribution < -0.4 is 16.4 Å². The fraction of sp³-hybridized carbons (Fsp3) is 0. The second-order valence-electron chi connectivity index (χ2n) is 10.9. The predicted molar refractivity (Wildman–Crippen MR) is 218 cm³/mol. The molecule has 2 heterocycles. The Hall–Kier alpha value is -5.87. The van der Waals surface area contributed by atoms with Crippen molar-refractivity contribution in [2.45, 2.75) is 0 Å². The highest BCUT2D eigenvalue weighted by atomic mass is 35.5. The van der Waals surface area contributed by atoms with Crippen molar-refractivity contribution in [2.24, 2.45) is 4.99 Å². The van der Waals surface area contributed by atoms with Gasteiger partial charge in [0.15, 0.2) is 0 Å². The van der Waals surface area contributed by atoms with E-state index in [-0.39, 0.29) is 6.03 Å². The van der Waals surface area contributed by atoms with E-state index in [9.17, 15) is 9.59 Å². The number of hydrogen-bond acceptors (Lipinski definition) is 8. The van der Waals surface area contributed by atoms with Crippen LogP contribution in [0.15, 0.2) is 151 Å². The number of thiazole rings is 2. The Labute approximate surface area is 317 Å². The summed E-state index contributed by atoms with van der Waals surface area (Å²) in [6.45, 7) is 0. The molecule has 8 rings (SSSR count). The molecule has 12 heteroatoms. The lowest BCUT2D eigenvalue weighted by molar-refractivity contribution is 0.262. The highest BCUT2D eigenvalue weighted by Gasteiger charge is 2.13. The van der Waals surface area contributed by atoms with E-state index in [0.29, 0.717) is 27.1 Å². The first-order valence-electron chi connectivity index (χ1n) is 15.7. The molecule has 8 nitrogen and oxygen atoms in total. The Kier molecular flexibility index (Phi) is 12.0. The second-order valence-corrected chi connectivity index (χ2v) is 13.8. The lowest BCUT2D eigenvalue weighted by atomic mass is 10.2. The zero-order valence-electron chi connectivity index (χ0n) is 27.2. The number of amides is 2. The number of halogens is 2. The van der Waals surface area contributed by atoms with Crippen LogP contribution in [0, 0.1) is 0 Å². The van der Waals surface area contributed by atoms with E-state index in [2.05, 4.69) is 31.7 Å². The number of nitrogen functional groups attached to an aromatic ring is 1. The summed E-state index contributed by atoms with van der Waals surface area (Å²) < 4.78 is 2.31. The minimum Gasteiger partial charge on any atom is -0.398 e. The molecule has 0 aliphatic heterocycles. The minimum atomic E-state index is -0.319. The normalized spacial score (nSPS) is 10.3. The maximum absolute atomic E-state index is 12.4. The first-order chi connectivity index (χ1) is 25.4. The Balaban J connectivity index is 0.000000151. The van der Waals surface area contributed by atoms with Crippen LogP contribution in [0.1, 0.15) is 0 Å². The first-order valence-corrected chi connectivity index (χ1v) is 18.1. The molecule has 0 unspecified atom stereocenters. The lowest BCUT2D eigenvalue weighted by Gasteiger charge is -2.10. The van der Waals surface area contributed by atoms with Crippen LogP contribution in [0.3, 0.4) is 0 Å². The third-order valence-corrected chi connectivity index (χ3v) is 9.93. The number of aliphatic imine (C=N–C) groups is 1. The molecule has 0 bridgehead atoms. The number of benzene rings is 6. The maximum atomic E-state index is 12.4. The number of carbonyl (C=O) groups is 1. The number of rotatable bonds is 5. The molecular formula is C40H28Cl2N6O2S2. The van der Waals surface area contributed by atoms with E-state index in [1.165, 1.54) is 10.8 Å². The average Bonchev–Trinajstić information content (AvgIpc) is 3.80. The van der Waals surface area contributed by atoms with Crippen LogP contribution in [-0.4, -0.2) is 22.1 Å². The van der Waals surface area contributed by atoms with Crippen LogP contribution in [0.2, 0.25) is 10.0 Å². The Morgan fingerprint density at radius 3 is 1.69 bits per heavy atom. The monoisotopic (exact) mass is 758 g/mol. The van der Waals surface area contributed by atoms with Crippen molar-refractivity contribution in [3.63, 3.8) is 0 Å². The van der Waals surface area contributed by atoms with Gasteiger partial charge >= 0.3 is 6.03 Å². The van der Waals surface area contributed by atoms with Gasteiger partial charge in [-0.15, -0.1) is 22.7 Å². The summed E-state index contributed by atoms with van der Waals surface area (Å²) in [5.41, 5.74) is 12.6. The van der Waals surface area contributed by atoms with Gasteiger partial charge in [0.1, 0.15) is 10.0 Å². The quantitative estimate of drug-likeness (QED) is 0.0916. The third kappa shape index (κ3) is 9.46. The molecule has 2 aromatic heterocycles. The van der Waals surface area contributed by atoms with Gasteiger partial charge in [-0.2, -0.15) is 4.99 Å². The summed E-state index contributed by atoms with van der Waals surface area (Å²) in [6, 6.07) is 44.8. The molecule has 0 spiro atoms. The molecule has 2 amide bonds. The van der Waals surface area contributed by atoms with Crippen LogP contribution in [0.5, 0.6) is 0 Å². The number of fused-ring (bicyclic) bond motifs is 2. The molecule has 0 saturated heterocycles. The molecule has 6 aromatic carbocycles. The number of nitrogens with two attached hydrogens (primary N) is 1. The fourth-order valence-corrected chi connectivity index (χ4v) is 7.10. The van der Waals surface area contributed by atoms with E-state index in [1.54, 1.807) is 71.2 Å². The van der Waals surface area contributed by atoms with Gasteiger partial charge in [0, 0.05) is 32.5 Å². The van der Waals surface area contributed by atoms with Gasteiger partial charge < -0.3 is 16.4 Å². The van der Waals surface area contributed by atoms with Gasteiger partial charge in [-0.3, -0.25) is 0 Å². The zero-order chi connectivity index (χ0) is 36.3. The van der Waals surface area contributed by atoms with Gasteiger partial charge in [0.05, 0.1) is 31.8 Å². The molecule has 0 fully saturated rings.